The summed E-state index contributed by atoms with van der Waals surface area (Å²) in [6, 6.07) is 11.9. The maximum atomic E-state index is 11.3. The first kappa shape index (κ1) is 15.3. The summed E-state index contributed by atoms with van der Waals surface area (Å²) in [5.41, 5.74) is 1.12. The van der Waals surface area contributed by atoms with Crippen LogP contribution in [-0.4, -0.2) is 26.0 Å². The number of aromatic nitrogens is 2. The van der Waals surface area contributed by atoms with Crippen LogP contribution < -0.4 is 5.32 Å². The van der Waals surface area contributed by atoms with Gasteiger partial charge in [-0.3, -0.25) is 0 Å². The van der Waals surface area contributed by atoms with E-state index in [2.05, 4.69) is 10.3 Å². The van der Waals surface area contributed by atoms with Gasteiger partial charge in [-0.15, -0.1) is 0 Å². The van der Waals surface area contributed by atoms with Crippen LogP contribution in [0.2, 0.25) is 5.02 Å². The zero-order chi connectivity index (χ0) is 16.4. The quantitative estimate of drug-likeness (QED) is 0.553. The van der Waals surface area contributed by atoms with Crippen molar-refractivity contribution in [2.45, 2.75) is 6.10 Å². The number of aliphatic hydroxyl groups is 1. The van der Waals surface area contributed by atoms with Crippen molar-refractivity contribution >= 4 is 28.9 Å². The summed E-state index contributed by atoms with van der Waals surface area (Å²) in [5.74, 6) is -0.0434. The number of pyridine rings is 1. The number of anilines is 1. The third-order valence-electron chi connectivity index (χ3n) is 3.40. The number of nitrogens with zero attached hydrogens (tertiary/aromatic N) is 3. The number of benzene rings is 1. The Labute approximate surface area is 136 Å². The van der Waals surface area contributed by atoms with Crippen molar-refractivity contribution < 1.29 is 10.0 Å². The first-order chi connectivity index (χ1) is 11.1. The third-order valence-corrected chi connectivity index (χ3v) is 3.65. The molecule has 0 saturated heterocycles. The van der Waals surface area contributed by atoms with E-state index in [-0.39, 0.29) is 18.2 Å². The molecule has 118 valence electrons. The summed E-state index contributed by atoms with van der Waals surface area (Å²) in [5, 5.41) is 24.9. The summed E-state index contributed by atoms with van der Waals surface area (Å²) < 4.78 is 1.39. The van der Waals surface area contributed by atoms with Gasteiger partial charge in [0.05, 0.1) is 12.3 Å². The maximum Gasteiger partial charge on any atom is 0.372 e. The Morgan fingerprint density at radius 3 is 2.74 bits per heavy atom. The largest absolute Gasteiger partial charge is 0.387 e. The van der Waals surface area contributed by atoms with Crippen LogP contribution in [0.4, 0.5) is 11.6 Å². The molecule has 7 nitrogen and oxygen atoms in total. The van der Waals surface area contributed by atoms with Gasteiger partial charge in [0.15, 0.2) is 0 Å². The Hall–Kier alpha value is -2.64. The molecule has 0 radical (unpaired) electrons. The van der Waals surface area contributed by atoms with Crippen molar-refractivity contribution in [2.24, 2.45) is 0 Å². The van der Waals surface area contributed by atoms with Crippen molar-refractivity contribution in [3.05, 3.63) is 69.4 Å². The van der Waals surface area contributed by atoms with Gasteiger partial charge in [0, 0.05) is 17.6 Å². The second-order valence-corrected chi connectivity index (χ2v) is 5.35. The maximum absolute atomic E-state index is 11.3. The highest BCUT2D eigenvalue weighted by molar-refractivity contribution is 6.30. The second-order valence-electron chi connectivity index (χ2n) is 4.92. The van der Waals surface area contributed by atoms with Crippen LogP contribution in [-0.2, 0) is 0 Å². The summed E-state index contributed by atoms with van der Waals surface area (Å²) in [6.07, 6.45) is 0.734. The molecule has 2 heterocycles. The molecule has 0 aliphatic rings. The number of nitrogens with one attached hydrogen (secondary N) is 1. The molecule has 2 aromatic heterocycles. The standard InChI is InChI=1S/C15H13ClN4O3/c16-11-6-4-10(5-7-11)12(21)9-17-14-15(20(22)23)19-8-2-1-3-13(19)18-14/h1-8,12,17,21H,9H2. The van der Waals surface area contributed by atoms with Gasteiger partial charge < -0.3 is 20.5 Å². The van der Waals surface area contributed by atoms with Gasteiger partial charge in [-0.25, -0.2) is 0 Å². The summed E-state index contributed by atoms with van der Waals surface area (Å²) in [7, 11) is 0. The van der Waals surface area contributed by atoms with Crippen LogP contribution in [0.25, 0.3) is 5.65 Å². The van der Waals surface area contributed by atoms with Crippen LogP contribution in [0.5, 0.6) is 0 Å². The van der Waals surface area contributed by atoms with Gasteiger partial charge in [-0.05, 0) is 28.7 Å². The van der Waals surface area contributed by atoms with E-state index in [1.165, 1.54) is 4.40 Å². The fourth-order valence-corrected chi connectivity index (χ4v) is 2.40. The number of hydrogen-bond acceptors (Lipinski definition) is 5. The van der Waals surface area contributed by atoms with Crippen molar-refractivity contribution in [1.82, 2.24) is 9.38 Å². The van der Waals surface area contributed by atoms with Crippen molar-refractivity contribution in [3.8, 4) is 0 Å². The predicted octanol–water partition coefficient (Wildman–Crippen LogP) is 3.04. The predicted molar refractivity (Wildman–Crippen MR) is 86.7 cm³/mol. The van der Waals surface area contributed by atoms with Crippen LogP contribution in [0.3, 0.4) is 0 Å². The second kappa shape index (κ2) is 6.23. The monoisotopic (exact) mass is 332 g/mol. The molecule has 1 aromatic carbocycles. The number of hydrogen-bond donors (Lipinski definition) is 2. The van der Waals surface area contributed by atoms with Gasteiger partial charge in [0.1, 0.15) is 0 Å². The molecule has 3 aromatic rings. The van der Waals surface area contributed by atoms with E-state index in [9.17, 15) is 15.2 Å². The van der Waals surface area contributed by atoms with Gasteiger partial charge in [0.2, 0.25) is 11.5 Å². The molecule has 2 N–H and O–H groups in total. The lowest BCUT2D eigenvalue weighted by Gasteiger charge is -2.11. The number of rotatable bonds is 5. The smallest absolute Gasteiger partial charge is 0.372 e. The first-order valence-electron chi connectivity index (χ1n) is 6.85. The van der Waals surface area contributed by atoms with E-state index < -0.39 is 11.0 Å². The van der Waals surface area contributed by atoms with Gasteiger partial charge >= 0.3 is 5.82 Å². The van der Waals surface area contributed by atoms with Gasteiger partial charge in [-0.2, -0.15) is 9.38 Å². The normalized spacial score (nSPS) is 12.3. The topological polar surface area (TPSA) is 92.7 Å². The highest BCUT2D eigenvalue weighted by atomic mass is 35.5. The van der Waals surface area contributed by atoms with Crippen LogP contribution >= 0.6 is 11.6 Å². The lowest BCUT2D eigenvalue weighted by Crippen LogP contribution is -2.13. The summed E-state index contributed by atoms with van der Waals surface area (Å²) in [4.78, 5) is 15.0. The molecule has 0 aliphatic heterocycles. The average molecular weight is 333 g/mol. The van der Waals surface area contributed by atoms with E-state index in [0.29, 0.717) is 16.2 Å². The Morgan fingerprint density at radius 2 is 2.04 bits per heavy atom. The van der Waals surface area contributed by atoms with E-state index in [4.69, 9.17) is 11.6 Å². The van der Waals surface area contributed by atoms with Gasteiger partial charge in [0.25, 0.3) is 0 Å². The zero-order valence-corrected chi connectivity index (χ0v) is 12.6. The van der Waals surface area contributed by atoms with Crippen molar-refractivity contribution in [2.75, 3.05) is 11.9 Å². The molecule has 0 fully saturated rings. The molecule has 3 rings (SSSR count). The number of nitro groups is 1. The molecule has 1 atom stereocenters. The lowest BCUT2D eigenvalue weighted by atomic mass is 10.1. The van der Waals surface area contributed by atoms with Crippen LogP contribution in [0.1, 0.15) is 11.7 Å². The molecule has 23 heavy (non-hydrogen) atoms. The van der Waals surface area contributed by atoms with Gasteiger partial charge in [-0.1, -0.05) is 29.8 Å². The average Bonchev–Trinajstić information content (AvgIpc) is 2.91. The Morgan fingerprint density at radius 1 is 1.30 bits per heavy atom. The third kappa shape index (κ3) is 3.10. The molecule has 0 amide bonds. The Bertz CT molecular complexity index is 848. The highest BCUT2D eigenvalue weighted by Crippen LogP contribution is 2.26. The van der Waals surface area contributed by atoms with E-state index in [1.54, 1.807) is 48.7 Å². The number of fused-ring (bicyclic) bond motifs is 1. The van der Waals surface area contributed by atoms with Crippen molar-refractivity contribution in [3.63, 3.8) is 0 Å². The van der Waals surface area contributed by atoms with Crippen LogP contribution in [0, 0.1) is 10.1 Å². The number of imidazole rings is 1. The molecular weight excluding hydrogens is 320 g/mol. The lowest BCUT2D eigenvalue weighted by molar-refractivity contribution is -0.389. The minimum Gasteiger partial charge on any atom is -0.387 e. The minimum atomic E-state index is -0.836. The first-order valence-corrected chi connectivity index (χ1v) is 7.23. The Kier molecular flexibility index (Phi) is 4.14. The molecule has 8 heteroatoms. The molecule has 1 unspecified atom stereocenters. The molecule has 0 saturated carbocycles. The fourth-order valence-electron chi connectivity index (χ4n) is 2.27. The molecule has 0 bridgehead atoms. The summed E-state index contributed by atoms with van der Waals surface area (Å²) >= 11 is 5.81. The Balaban J connectivity index is 1.82. The fraction of sp³-hybridized carbons (Fsp3) is 0.133. The number of halogens is 1. The molecule has 0 aliphatic carbocycles. The summed E-state index contributed by atoms with van der Waals surface area (Å²) in [6.45, 7) is 0.0896. The van der Waals surface area contributed by atoms with E-state index in [1.807, 2.05) is 0 Å². The zero-order valence-electron chi connectivity index (χ0n) is 11.9. The minimum absolute atomic E-state index is 0.0896. The van der Waals surface area contributed by atoms with Crippen LogP contribution in [0.15, 0.2) is 48.7 Å². The number of aliphatic hydroxyl groups excluding tert-OH is 1. The van der Waals surface area contributed by atoms with E-state index >= 15 is 0 Å². The SMILES string of the molecule is O=[N+]([O-])c1c(NCC(O)c2ccc(Cl)cc2)nc2ccccn12. The van der Waals surface area contributed by atoms with Crippen molar-refractivity contribution in [1.29, 1.82) is 0 Å². The van der Waals surface area contributed by atoms with E-state index in [0.717, 1.165) is 0 Å². The highest BCUT2D eigenvalue weighted by Gasteiger charge is 2.22. The molecular formula is C15H13ClN4O3. The molecule has 0 spiro atoms.